The van der Waals surface area contributed by atoms with Crippen molar-refractivity contribution in [3.8, 4) is 0 Å². The molecule has 0 aromatic carbocycles. The quantitative estimate of drug-likeness (QED) is 0.772. The van der Waals surface area contributed by atoms with Gasteiger partial charge < -0.3 is 15.0 Å². The summed E-state index contributed by atoms with van der Waals surface area (Å²) in [7, 11) is 0. The highest BCUT2D eigenvalue weighted by atomic mass is 16.5. The molecule has 0 spiro atoms. The number of rotatable bonds is 6. The standard InChI is InChI=1S/C22H30N6O2/c1-16(2)25-21(29)19-15-27(13-17-3-6-23-7-4-17)14-18(19)20-5-8-24-22(26-20)28-9-11-30-12-10-28/h3-8,16,18-19H,9-15H2,1-2H3,(H,25,29)/t18-,19-/m0/s1. The summed E-state index contributed by atoms with van der Waals surface area (Å²) in [5, 5.41) is 3.10. The molecular formula is C22H30N6O2. The van der Waals surface area contributed by atoms with Crippen molar-refractivity contribution >= 4 is 11.9 Å². The number of anilines is 1. The normalized spacial score (nSPS) is 22.4. The van der Waals surface area contributed by atoms with E-state index in [4.69, 9.17) is 9.72 Å². The Bertz CT molecular complexity index is 841. The minimum absolute atomic E-state index is 0.0355. The van der Waals surface area contributed by atoms with Crippen LogP contribution in [0.5, 0.6) is 0 Å². The summed E-state index contributed by atoms with van der Waals surface area (Å²) in [5.41, 5.74) is 2.14. The number of morpholine rings is 1. The Morgan fingerprint density at radius 3 is 2.67 bits per heavy atom. The summed E-state index contributed by atoms with van der Waals surface area (Å²) in [6.07, 6.45) is 5.44. The summed E-state index contributed by atoms with van der Waals surface area (Å²) in [6.45, 7) is 9.26. The first-order valence-corrected chi connectivity index (χ1v) is 10.7. The molecule has 160 valence electrons. The lowest BCUT2D eigenvalue weighted by atomic mass is 9.91. The molecule has 8 nitrogen and oxygen atoms in total. The number of nitrogens with one attached hydrogen (secondary N) is 1. The highest BCUT2D eigenvalue weighted by Gasteiger charge is 2.39. The fourth-order valence-electron chi connectivity index (χ4n) is 4.20. The van der Waals surface area contributed by atoms with Crippen LogP contribution in [-0.2, 0) is 16.1 Å². The van der Waals surface area contributed by atoms with Crippen molar-refractivity contribution in [2.45, 2.75) is 32.4 Å². The maximum atomic E-state index is 13.0. The highest BCUT2D eigenvalue weighted by molar-refractivity contribution is 5.80. The summed E-state index contributed by atoms with van der Waals surface area (Å²) >= 11 is 0. The minimum atomic E-state index is -0.137. The number of hydrogen-bond acceptors (Lipinski definition) is 7. The predicted molar refractivity (Wildman–Crippen MR) is 114 cm³/mol. The second-order valence-corrected chi connectivity index (χ2v) is 8.31. The predicted octanol–water partition coefficient (Wildman–Crippen LogP) is 1.45. The Hall–Kier alpha value is -2.58. The van der Waals surface area contributed by atoms with Crippen molar-refractivity contribution in [2.75, 3.05) is 44.3 Å². The van der Waals surface area contributed by atoms with E-state index in [-0.39, 0.29) is 23.8 Å². The smallest absolute Gasteiger partial charge is 0.225 e. The van der Waals surface area contributed by atoms with E-state index < -0.39 is 0 Å². The van der Waals surface area contributed by atoms with E-state index in [0.29, 0.717) is 19.8 Å². The molecule has 2 aliphatic rings. The van der Waals surface area contributed by atoms with Crippen LogP contribution in [0.25, 0.3) is 0 Å². The molecule has 1 amide bonds. The second kappa shape index (κ2) is 9.49. The van der Waals surface area contributed by atoms with E-state index in [0.717, 1.165) is 37.8 Å². The number of carbonyl (C=O) groups is 1. The lowest BCUT2D eigenvalue weighted by Gasteiger charge is -2.27. The third-order valence-corrected chi connectivity index (χ3v) is 5.66. The van der Waals surface area contributed by atoms with Gasteiger partial charge in [-0.25, -0.2) is 9.97 Å². The Balaban J connectivity index is 1.55. The fourth-order valence-corrected chi connectivity index (χ4v) is 4.20. The second-order valence-electron chi connectivity index (χ2n) is 8.31. The highest BCUT2D eigenvalue weighted by Crippen LogP contribution is 2.33. The SMILES string of the molecule is CC(C)NC(=O)[C@H]1CN(Cc2ccncc2)C[C@@H]1c1ccnc(N2CCOCC2)n1. The largest absolute Gasteiger partial charge is 0.378 e. The molecule has 2 fully saturated rings. The van der Waals surface area contributed by atoms with Crippen molar-refractivity contribution in [3.63, 3.8) is 0 Å². The molecule has 0 bridgehead atoms. The number of carbonyl (C=O) groups excluding carboxylic acids is 1. The molecule has 2 aromatic rings. The fraction of sp³-hybridized carbons (Fsp3) is 0.545. The van der Waals surface area contributed by atoms with Crippen LogP contribution in [0.15, 0.2) is 36.8 Å². The lowest BCUT2D eigenvalue weighted by molar-refractivity contribution is -0.125. The first-order chi connectivity index (χ1) is 14.6. The number of amides is 1. The molecule has 4 rings (SSSR count). The average molecular weight is 411 g/mol. The van der Waals surface area contributed by atoms with Crippen LogP contribution in [0, 0.1) is 5.92 Å². The molecule has 0 radical (unpaired) electrons. The van der Waals surface area contributed by atoms with Gasteiger partial charge in [0.15, 0.2) is 0 Å². The van der Waals surface area contributed by atoms with Crippen molar-refractivity contribution in [3.05, 3.63) is 48.0 Å². The molecule has 1 N–H and O–H groups in total. The van der Waals surface area contributed by atoms with Crippen LogP contribution in [0.1, 0.15) is 31.0 Å². The van der Waals surface area contributed by atoms with Gasteiger partial charge in [0.25, 0.3) is 0 Å². The zero-order valence-electron chi connectivity index (χ0n) is 17.7. The van der Waals surface area contributed by atoms with Gasteiger partial charge in [-0.05, 0) is 37.6 Å². The third kappa shape index (κ3) is 4.94. The molecule has 2 saturated heterocycles. The Morgan fingerprint density at radius 2 is 1.93 bits per heavy atom. The molecule has 2 aliphatic heterocycles. The van der Waals surface area contributed by atoms with Crippen molar-refractivity contribution in [1.82, 2.24) is 25.2 Å². The minimum Gasteiger partial charge on any atom is -0.378 e. The van der Waals surface area contributed by atoms with Gasteiger partial charge in [-0.15, -0.1) is 0 Å². The molecule has 4 heterocycles. The maximum Gasteiger partial charge on any atom is 0.225 e. The van der Waals surface area contributed by atoms with E-state index in [9.17, 15) is 4.79 Å². The molecule has 0 saturated carbocycles. The van der Waals surface area contributed by atoms with E-state index in [1.807, 2.05) is 50.6 Å². The number of pyridine rings is 1. The van der Waals surface area contributed by atoms with Gasteiger partial charge >= 0.3 is 0 Å². The lowest BCUT2D eigenvalue weighted by Crippen LogP contribution is -2.39. The zero-order chi connectivity index (χ0) is 20.9. The van der Waals surface area contributed by atoms with Gasteiger partial charge in [0.2, 0.25) is 11.9 Å². The van der Waals surface area contributed by atoms with Gasteiger partial charge in [-0.2, -0.15) is 0 Å². The molecule has 2 atom stereocenters. The topological polar surface area (TPSA) is 83.5 Å². The van der Waals surface area contributed by atoms with Crippen molar-refractivity contribution in [1.29, 1.82) is 0 Å². The van der Waals surface area contributed by atoms with E-state index in [1.165, 1.54) is 5.56 Å². The van der Waals surface area contributed by atoms with E-state index in [2.05, 4.69) is 25.1 Å². The first kappa shape index (κ1) is 20.7. The van der Waals surface area contributed by atoms with Gasteiger partial charge in [0.05, 0.1) is 24.8 Å². The van der Waals surface area contributed by atoms with Crippen molar-refractivity contribution in [2.24, 2.45) is 5.92 Å². The Morgan fingerprint density at radius 1 is 1.17 bits per heavy atom. The van der Waals surface area contributed by atoms with Gasteiger partial charge in [-0.3, -0.25) is 14.7 Å². The number of hydrogen-bond donors (Lipinski definition) is 1. The summed E-state index contributed by atoms with van der Waals surface area (Å²) in [5.74, 6) is 0.722. The Labute approximate surface area is 177 Å². The third-order valence-electron chi connectivity index (χ3n) is 5.66. The number of ether oxygens (including phenoxy) is 1. The molecule has 8 heteroatoms. The van der Waals surface area contributed by atoms with Crippen LogP contribution >= 0.6 is 0 Å². The summed E-state index contributed by atoms with van der Waals surface area (Å²) < 4.78 is 5.45. The maximum absolute atomic E-state index is 13.0. The van der Waals surface area contributed by atoms with Crippen LogP contribution < -0.4 is 10.2 Å². The van der Waals surface area contributed by atoms with Crippen LogP contribution in [-0.4, -0.2) is 71.2 Å². The zero-order valence-corrected chi connectivity index (χ0v) is 17.7. The monoisotopic (exact) mass is 410 g/mol. The van der Waals surface area contributed by atoms with E-state index >= 15 is 0 Å². The average Bonchev–Trinajstić information content (AvgIpc) is 3.19. The van der Waals surface area contributed by atoms with Crippen molar-refractivity contribution < 1.29 is 9.53 Å². The molecule has 0 unspecified atom stereocenters. The van der Waals surface area contributed by atoms with Crippen LogP contribution in [0.4, 0.5) is 5.95 Å². The van der Waals surface area contributed by atoms with Gasteiger partial charge in [0.1, 0.15) is 0 Å². The number of aromatic nitrogens is 3. The summed E-state index contributed by atoms with van der Waals surface area (Å²) in [6, 6.07) is 6.12. The first-order valence-electron chi connectivity index (χ1n) is 10.7. The van der Waals surface area contributed by atoms with Crippen LogP contribution in [0.2, 0.25) is 0 Å². The molecule has 30 heavy (non-hydrogen) atoms. The van der Waals surface area contributed by atoms with Gasteiger partial charge in [-0.1, -0.05) is 0 Å². The molecule has 0 aliphatic carbocycles. The number of nitrogens with zero attached hydrogens (tertiary/aromatic N) is 5. The number of likely N-dealkylation sites (tertiary alicyclic amines) is 1. The summed E-state index contributed by atoms with van der Waals surface area (Å²) in [4.78, 5) is 30.9. The van der Waals surface area contributed by atoms with Crippen LogP contribution in [0.3, 0.4) is 0 Å². The van der Waals surface area contributed by atoms with Gasteiger partial charge in [0, 0.05) is 63.3 Å². The Kier molecular flexibility index (Phi) is 6.54. The van der Waals surface area contributed by atoms with E-state index in [1.54, 1.807) is 0 Å². The molecule has 2 aromatic heterocycles. The molecular weight excluding hydrogens is 380 g/mol.